The molecule has 2 aromatic carbocycles. The minimum Gasteiger partial charge on any atom is -0.656 e. The normalized spacial score (nSPS) is 26.6. The van der Waals surface area contributed by atoms with Gasteiger partial charge in [-0.3, -0.25) is 0 Å². The molecule has 4 heteroatoms. The van der Waals surface area contributed by atoms with Gasteiger partial charge >= 0.3 is 21.7 Å². The molecule has 0 aromatic heterocycles. The molecule has 1 heterocycles. The zero-order valence-corrected chi connectivity index (χ0v) is 27.1. The molecule has 34 heavy (non-hydrogen) atoms. The molecule has 0 saturated heterocycles. The Balaban J connectivity index is 0.00000272. The van der Waals surface area contributed by atoms with Crippen molar-refractivity contribution in [3.05, 3.63) is 85.9 Å². The number of nitrogens with zero attached hydrogens (tertiary/aromatic N) is 1. The molecular formula is C30H47NSSiTi. The Hall–Kier alpha value is -0.319. The van der Waals surface area contributed by atoms with E-state index < -0.39 is 8.24 Å². The van der Waals surface area contributed by atoms with Gasteiger partial charge in [-0.2, -0.15) is 0 Å². The van der Waals surface area contributed by atoms with Gasteiger partial charge in [0.2, 0.25) is 0 Å². The predicted molar refractivity (Wildman–Crippen MR) is 155 cm³/mol. The molecule has 2 aromatic rings. The van der Waals surface area contributed by atoms with Gasteiger partial charge in [-0.1, -0.05) is 93.4 Å². The molecule has 1 fully saturated rings. The fourth-order valence-corrected chi connectivity index (χ4v) is 15.5. The van der Waals surface area contributed by atoms with Crippen molar-refractivity contribution >= 4 is 25.2 Å². The van der Waals surface area contributed by atoms with Gasteiger partial charge in [-0.25, -0.2) is 0 Å². The van der Waals surface area contributed by atoms with E-state index in [9.17, 15) is 0 Å². The third kappa shape index (κ3) is 5.65. The second-order valence-electron chi connectivity index (χ2n) is 11.1. The number of aryl methyl sites for hydroxylation is 3. The van der Waals surface area contributed by atoms with Crippen LogP contribution in [0.25, 0.3) is 4.98 Å². The average molecular weight is 530 g/mol. The van der Waals surface area contributed by atoms with Crippen LogP contribution in [0.4, 0.5) is 0 Å². The summed E-state index contributed by atoms with van der Waals surface area (Å²) in [6, 6.07) is 14.0. The number of fused-ring (bicyclic) bond motifs is 3. The van der Waals surface area contributed by atoms with Gasteiger partial charge in [0, 0.05) is 10.1 Å². The molecule has 1 nitrogen and oxygen atoms in total. The second-order valence-corrected chi connectivity index (χ2v) is 16.0. The summed E-state index contributed by atoms with van der Waals surface area (Å²) in [5.41, 5.74) is 6.50. The third-order valence-corrected chi connectivity index (χ3v) is 14.5. The number of hydrogen-bond donors (Lipinski definition) is 0. The van der Waals surface area contributed by atoms with Crippen molar-refractivity contribution in [1.82, 2.24) is 0 Å². The summed E-state index contributed by atoms with van der Waals surface area (Å²) in [7, 11) is -2.17. The Bertz CT molecular complexity index is 946. The van der Waals surface area contributed by atoms with Crippen LogP contribution in [0.15, 0.2) is 41.3 Å². The van der Waals surface area contributed by atoms with Crippen LogP contribution in [0.1, 0.15) is 62.8 Å². The molecule has 0 N–H and O–H groups in total. The number of hydrogen-bond acceptors (Lipinski definition) is 1. The Morgan fingerprint density at radius 3 is 1.94 bits per heavy atom. The summed E-state index contributed by atoms with van der Waals surface area (Å²) >= 11 is 2.16. The van der Waals surface area contributed by atoms with Crippen molar-refractivity contribution in [2.75, 3.05) is 0 Å². The van der Waals surface area contributed by atoms with Crippen molar-refractivity contribution in [1.29, 1.82) is 0 Å². The van der Waals surface area contributed by atoms with Crippen LogP contribution in [0.5, 0.6) is 0 Å². The second kappa shape index (κ2) is 11.8. The summed E-state index contributed by atoms with van der Waals surface area (Å²) in [6.07, 6.45) is 0. The maximum Gasteiger partial charge on any atom is 4.00 e. The van der Waals surface area contributed by atoms with Crippen molar-refractivity contribution in [3.63, 3.8) is 0 Å². The Morgan fingerprint density at radius 1 is 0.882 bits per heavy atom. The monoisotopic (exact) mass is 529 g/mol. The van der Waals surface area contributed by atoms with Crippen LogP contribution in [0, 0.1) is 54.9 Å². The first kappa shape index (κ1) is 33.7. The average Bonchev–Trinajstić information content (AvgIpc) is 3.07. The summed E-state index contributed by atoms with van der Waals surface area (Å²) in [4.78, 5) is 7.29. The molecule has 4 rings (SSSR count). The van der Waals surface area contributed by atoms with Gasteiger partial charge in [0.15, 0.2) is 0 Å². The van der Waals surface area contributed by atoms with Crippen molar-refractivity contribution in [2.24, 2.45) is 11.8 Å². The molecular weight excluding hydrogens is 482 g/mol. The standard InChI is InChI=1S/C27H38NSSi.3CH3.Ti/c1-16-14-17(2)25(18(3)15-16)30(9,28-27(6,7)8)26-20(5)19(4)23-21-12-10-11-13-22(21)29-24(23)26;;;;/h10-15,19-20,23-24,26H,1-9H3;3*1H3;/q4*-1;+4. The first-order valence-corrected chi connectivity index (χ1v) is 14.9. The zero-order chi connectivity index (χ0) is 22.0. The van der Waals surface area contributed by atoms with Crippen LogP contribution < -0.4 is 5.19 Å². The van der Waals surface area contributed by atoms with Gasteiger partial charge in [-0.05, 0) is 63.9 Å². The first-order chi connectivity index (χ1) is 13.9. The molecule has 0 spiro atoms. The molecule has 0 amide bonds. The molecule has 186 valence electrons. The molecule has 0 bridgehead atoms. The van der Waals surface area contributed by atoms with E-state index in [1.807, 2.05) is 0 Å². The molecule has 0 radical (unpaired) electrons. The van der Waals surface area contributed by atoms with E-state index >= 15 is 0 Å². The molecule has 6 unspecified atom stereocenters. The van der Waals surface area contributed by atoms with Crippen molar-refractivity contribution in [3.8, 4) is 0 Å². The quantitative estimate of drug-likeness (QED) is 0.286. The van der Waals surface area contributed by atoms with E-state index in [-0.39, 0.29) is 49.5 Å². The third-order valence-electron chi connectivity index (χ3n) is 7.61. The molecule has 1 aliphatic heterocycles. The fraction of sp³-hybridized carbons (Fsp3) is 0.500. The van der Waals surface area contributed by atoms with Gasteiger partial charge in [-0.15, -0.1) is 17.3 Å². The summed E-state index contributed by atoms with van der Waals surface area (Å²) in [5, 5.41) is 2.25. The van der Waals surface area contributed by atoms with Gasteiger partial charge < -0.3 is 27.3 Å². The van der Waals surface area contributed by atoms with E-state index in [1.54, 1.807) is 10.8 Å². The maximum atomic E-state index is 5.78. The van der Waals surface area contributed by atoms with Crippen LogP contribution in [-0.2, 0) is 21.7 Å². The SMILES string of the molecule is Cc1cc(C)c([Si](C)([N-]C(C)(C)C)C2C(C)C(C)C3c4ccccc4SC32)c(C)c1.[CH3-].[CH3-].[CH3-].[Ti+4]. The number of thioether (sulfide) groups is 1. The Labute approximate surface area is 232 Å². The Morgan fingerprint density at radius 2 is 1.41 bits per heavy atom. The van der Waals surface area contributed by atoms with Crippen LogP contribution >= 0.6 is 11.8 Å². The van der Waals surface area contributed by atoms with E-state index in [0.29, 0.717) is 28.5 Å². The van der Waals surface area contributed by atoms with Gasteiger partial charge in [0.05, 0.1) is 0 Å². The summed E-state index contributed by atoms with van der Waals surface area (Å²) in [5.74, 6) is 2.05. The maximum absolute atomic E-state index is 5.78. The Kier molecular flexibility index (Phi) is 11.7. The number of rotatable bonds is 3. The van der Waals surface area contributed by atoms with E-state index in [0.717, 1.165) is 0 Å². The molecule has 2 aliphatic rings. The van der Waals surface area contributed by atoms with Crippen LogP contribution in [0.3, 0.4) is 0 Å². The van der Waals surface area contributed by atoms with Crippen molar-refractivity contribution in [2.45, 2.75) is 89.1 Å². The van der Waals surface area contributed by atoms with E-state index in [2.05, 4.69) is 110 Å². The summed E-state index contributed by atoms with van der Waals surface area (Å²) in [6.45, 7) is 21.4. The smallest absolute Gasteiger partial charge is 0.656 e. The van der Waals surface area contributed by atoms with E-state index in [1.165, 1.54) is 21.6 Å². The minimum absolute atomic E-state index is 0. The molecule has 1 aliphatic carbocycles. The molecule has 1 saturated carbocycles. The predicted octanol–water partition coefficient (Wildman–Crippen LogP) is 8.83. The number of benzene rings is 2. The largest absolute Gasteiger partial charge is 4.00 e. The van der Waals surface area contributed by atoms with Gasteiger partial charge in [0.25, 0.3) is 0 Å². The fourth-order valence-electron chi connectivity index (χ4n) is 6.90. The minimum atomic E-state index is -2.17. The summed E-state index contributed by atoms with van der Waals surface area (Å²) < 4.78 is 0. The zero-order valence-electron chi connectivity index (χ0n) is 23.7. The van der Waals surface area contributed by atoms with Crippen LogP contribution in [-0.4, -0.2) is 19.0 Å². The molecule has 6 atom stereocenters. The van der Waals surface area contributed by atoms with Crippen LogP contribution in [0.2, 0.25) is 12.1 Å². The van der Waals surface area contributed by atoms with Crippen molar-refractivity contribution < 1.29 is 21.7 Å². The van der Waals surface area contributed by atoms with Gasteiger partial charge in [0.1, 0.15) is 0 Å². The first-order valence-electron chi connectivity index (χ1n) is 11.5. The topological polar surface area (TPSA) is 14.1 Å². The van der Waals surface area contributed by atoms with E-state index in [4.69, 9.17) is 4.98 Å².